The Labute approximate surface area is 203 Å². The van der Waals surface area contributed by atoms with Gasteiger partial charge in [0.25, 0.3) is 0 Å². The molecule has 4 aromatic rings. The number of nitrogens with one attached hydrogen (secondary N) is 1. The molecule has 1 aliphatic heterocycles. The van der Waals surface area contributed by atoms with Crippen molar-refractivity contribution in [3.8, 4) is 23.1 Å². The highest BCUT2D eigenvalue weighted by Gasteiger charge is 2.26. The van der Waals surface area contributed by atoms with E-state index in [1.54, 1.807) is 12.4 Å². The summed E-state index contributed by atoms with van der Waals surface area (Å²) < 4.78 is 20.4. The van der Waals surface area contributed by atoms with Crippen LogP contribution in [0.1, 0.15) is 24.6 Å². The molecule has 34 heavy (non-hydrogen) atoms. The maximum Gasteiger partial charge on any atom is 0.226 e. The monoisotopic (exact) mass is 498 g/mol. The Balaban J connectivity index is 1.46. The predicted octanol–water partition coefficient (Wildman–Crippen LogP) is 4.39. The van der Waals surface area contributed by atoms with Gasteiger partial charge in [-0.05, 0) is 18.9 Å². The molecule has 0 unspecified atom stereocenters. The number of aromatic amines is 1. The number of nitrogens with two attached hydrogens (primary N) is 1. The molecule has 0 spiro atoms. The number of nitrogens with zero attached hydrogens (tertiary/aromatic N) is 6. The fourth-order valence-corrected chi connectivity index (χ4v) is 4.53. The fraction of sp³-hybridized carbons (Fsp3) is 0.227. The molecule has 3 N–H and O–H groups in total. The average molecular weight is 499 g/mol. The highest BCUT2D eigenvalue weighted by molar-refractivity contribution is 6.35. The van der Waals surface area contributed by atoms with Crippen molar-refractivity contribution in [2.75, 3.05) is 11.4 Å². The van der Waals surface area contributed by atoms with Gasteiger partial charge in [-0.15, -0.1) is 0 Å². The molecule has 1 saturated heterocycles. The first-order valence-corrected chi connectivity index (χ1v) is 11.1. The number of ether oxygens (including phenoxy) is 1. The van der Waals surface area contributed by atoms with E-state index in [0.29, 0.717) is 33.7 Å². The molecule has 1 fully saturated rings. The van der Waals surface area contributed by atoms with E-state index in [4.69, 9.17) is 33.7 Å². The van der Waals surface area contributed by atoms with Crippen LogP contribution in [0.5, 0.6) is 5.75 Å². The third-order valence-corrected chi connectivity index (χ3v) is 6.22. The summed E-state index contributed by atoms with van der Waals surface area (Å²) in [6.07, 6.45) is 6.58. The number of hydrogen-bond donors (Lipinski definition) is 2. The number of benzene rings is 1. The molecule has 3 aromatic heterocycles. The van der Waals surface area contributed by atoms with Gasteiger partial charge in [0.1, 0.15) is 11.7 Å². The Hall–Kier alpha value is -3.52. The van der Waals surface area contributed by atoms with Crippen LogP contribution in [0.25, 0.3) is 22.2 Å². The van der Waals surface area contributed by atoms with E-state index in [9.17, 15) is 9.65 Å². The number of aromatic nitrogens is 5. The first-order valence-electron chi connectivity index (χ1n) is 10.3. The van der Waals surface area contributed by atoms with Gasteiger partial charge in [-0.25, -0.2) is 14.4 Å². The third kappa shape index (κ3) is 3.98. The van der Waals surface area contributed by atoms with E-state index in [2.05, 4.69) is 31.2 Å². The summed E-state index contributed by atoms with van der Waals surface area (Å²) in [5, 5.41) is 17.4. The lowest BCUT2D eigenvalue weighted by atomic mass is 10.1. The Morgan fingerprint density at radius 2 is 1.94 bits per heavy atom. The van der Waals surface area contributed by atoms with Crippen LogP contribution in [-0.2, 0) is 0 Å². The predicted molar refractivity (Wildman–Crippen MR) is 125 cm³/mol. The largest absolute Gasteiger partial charge is 0.468 e. The van der Waals surface area contributed by atoms with Crippen molar-refractivity contribution in [2.45, 2.75) is 25.1 Å². The van der Waals surface area contributed by atoms with Gasteiger partial charge < -0.3 is 9.64 Å². The van der Waals surface area contributed by atoms with Gasteiger partial charge >= 0.3 is 0 Å². The lowest BCUT2D eigenvalue weighted by Gasteiger charge is -2.19. The van der Waals surface area contributed by atoms with Crippen LogP contribution in [0.15, 0.2) is 36.9 Å². The second-order valence-corrected chi connectivity index (χ2v) is 8.52. The summed E-state index contributed by atoms with van der Waals surface area (Å²) in [5.74, 6) is -0.250. The molecule has 4 heterocycles. The summed E-state index contributed by atoms with van der Waals surface area (Å²) >= 11 is 12.3. The minimum atomic E-state index is -1.12. The van der Waals surface area contributed by atoms with Gasteiger partial charge in [-0.2, -0.15) is 10.4 Å². The number of fused-ring (bicyclic) bond motifs is 1. The van der Waals surface area contributed by atoms with Crippen molar-refractivity contribution in [1.29, 1.82) is 5.26 Å². The highest BCUT2D eigenvalue weighted by atomic mass is 35.5. The molecular formula is C22H17Cl2FN8O. The van der Waals surface area contributed by atoms with Crippen molar-refractivity contribution in [3.05, 3.63) is 58.3 Å². The van der Waals surface area contributed by atoms with Gasteiger partial charge in [0.05, 0.1) is 21.6 Å². The van der Waals surface area contributed by atoms with Crippen LogP contribution in [0, 0.1) is 17.1 Å². The zero-order chi connectivity index (χ0) is 23.8. The SMILES string of the molecule is N#C[C@H]1CCCN1c1ncc(-c2n[nH]c3cc(F)c(O[C@H](N)c4c(Cl)cncc4Cl)cc23)cn1. The molecule has 1 aromatic carbocycles. The van der Waals surface area contributed by atoms with E-state index in [0.717, 1.165) is 19.4 Å². The van der Waals surface area contributed by atoms with Crippen LogP contribution in [0.4, 0.5) is 10.3 Å². The van der Waals surface area contributed by atoms with Gasteiger partial charge in [0.15, 0.2) is 17.8 Å². The van der Waals surface area contributed by atoms with Crippen LogP contribution in [0.2, 0.25) is 10.0 Å². The summed E-state index contributed by atoms with van der Waals surface area (Å²) in [6, 6.07) is 4.80. The molecule has 0 saturated carbocycles. The minimum absolute atomic E-state index is 0.0990. The fourth-order valence-electron chi connectivity index (χ4n) is 3.95. The summed E-state index contributed by atoms with van der Waals surface area (Å²) in [4.78, 5) is 14.6. The van der Waals surface area contributed by atoms with Crippen molar-refractivity contribution >= 4 is 40.1 Å². The Bertz CT molecular complexity index is 1380. The van der Waals surface area contributed by atoms with E-state index < -0.39 is 12.0 Å². The number of pyridine rings is 1. The van der Waals surface area contributed by atoms with Crippen LogP contribution < -0.4 is 15.4 Å². The number of hydrogen-bond acceptors (Lipinski definition) is 8. The summed E-state index contributed by atoms with van der Waals surface area (Å²) in [7, 11) is 0. The van der Waals surface area contributed by atoms with Crippen molar-refractivity contribution < 1.29 is 9.13 Å². The Morgan fingerprint density at radius 3 is 2.65 bits per heavy atom. The Morgan fingerprint density at radius 1 is 1.21 bits per heavy atom. The van der Waals surface area contributed by atoms with Gasteiger partial charge in [0.2, 0.25) is 5.95 Å². The van der Waals surface area contributed by atoms with Gasteiger partial charge in [0, 0.05) is 53.9 Å². The number of anilines is 1. The van der Waals surface area contributed by atoms with Gasteiger partial charge in [-0.1, -0.05) is 23.2 Å². The molecule has 172 valence electrons. The second kappa shape index (κ2) is 9.02. The molecule has 5 rings (SSSR count). The molecule has 0 radical (unpaired) electrons. The van der Waals surface area contributed by atoms with Crippen LogP contribution in [0.3, 0.4) is 0 Å². The van der Waals surface area contributed by atoms with Crippen LogP contribution >= 0.6 is 23.2 Å². The zero-order valence-electron chi connectivity index (χ0n) is 17.5. The third-order valence-electron chi connectivity index (χ3n) is 5.61. The number of nitriles is 1. The van der Waals surface area contributed by atoms with E-state index in [1.165, 1.54) is 24.5 Å². The topological polar surface area (TPSA) is 130 Å². The second-order valence-electron chi connectivity index (χ2n) is 7.71. The lowest BCUT2D eigenvalue weighted by Crippen LogP contribution is -2.29. The zero-order valence-corrected chi connectivity index (χ0v) is 19.1. The molecule has 2 atom stereocenters. The smallest absolute Gasteiger partial charge is 0.226 e. The normalized spacial score (nSPS) is 16.6. The van der Waals surface area contributed by atoms with E-state index in [1.807, 2.05) is 4.90 Å². The van der Waals surface area contributed by atoms with Gasteiger partial charge in [-0.3, -0.25) is 15.8 Å². The van der Waals surface area contributed by atoms with Crippen molar-refractivity contribution in [3.63, 3.8) is 0 Å². The summed E-state index contributed by atoms with van der Waals surface area (Å²) in [5.41, 5.74) is 7.99. The maximum absolute atomic E-state index is 14.7. The number of halogens is 3. The maximum atomic E-state index is 14.7. The molecule has 0 bridgehead atoms. The van der Waals surface area contributed by atoms with E-state index >= 15 is 0 Å². The molecule has 9 nitrogen and oxygen atoms in total. The first kappa shape index (κ1) is 22.3. The van der Waals surface area contributed by atoms with Crippen molar-refractivity contribution in [2.24, 2.45) is 5.73 Å². The standard InChI is InChI=1S/C22H17Cl2FN8O/c23-14-9-28-10-15(24)19(14)21(27)34-18-4-13-17(5-16(18)25)31-32-20(13)11-7-29-22(30-8-11)33-3-1-2-12(33)6-26/h4-5,7-10,12,21H,1-3,27H2,(H,31,32)/t12-,21+/m1/s1. The van der Waals surface area contributed by atoms with Crippen LogP contribution in [-0.4, -0.2) is 37.7 Å². The molecule has 0 aliphatic carbocycles. The molecule has 12 heteroatoms. The van der Waals surface area contributed by atoms with Crippen molar-refractivity contribution in [1.82, 2.24) is 25.1 Å². The van der Waals surface area contributed by atoms with E-state index in [-0.39, 0.29) is 21.8 Å². The molecule has 0 amide bonds. The molecule has 1 aliphatic rings. The quantitative estimate of drug-likeness (QED) is 0.387. The molecular weight excluding hydrogens is 482 g/mol. The number of H-pyrrole nitrogens is 1. The highest BCUT2D eigenvalue weighted by Crippen LogP contribution is 2.35. The Kier molecular flexibility index (Phi) is 5.91. The minimum Gasteiger partial charge on any atom is -0.468 e. The summed E-state index contributed by atoms with van der Waals surface area (Å²) in [6.45, 7) is 0.731. The lowest BCUT2D eigenvalue weighted by molar-refractivity contribution is 0.205. The number of rotatable bonds is 5. The average Bonchev–Trinajstić information content (AvgIpc) is 3.46. The first-order chi connectivity index (χ1) is 16.5.